The number of urea groups is 1. The lowest BCUT2D eigenvalue weighted by atomic mass is 10.2. The topological polar surface area (TPSA) is 42.1 Å². The van der Waals surface area contributed by atoms with E-state index in [9.17, 15) is 4.79 Å². The molecule has 0 bridgehead atoms. The maximum absolute atomic E-state index is 12.6. The fraction of sp³-hybridized carbons (Fsp3) is 0.435. The lowest BCUT2D eigenvalue weighted by Gasteiger charge is -2.36. The summed E-state index contributed by atoms with van der Waals surface area (Å²) in [5.74, 6) is 0. The summed E-state index contributed by atoms with van der Waals surface area (Å²) in [5, 5.41) is 3.02. The van der Waals surface area contributed by atoms with Gasteiger partial charge in [0.15, 0.2) is 0 Å². The summed E-state index contributed by atoms with van der Waals surface area (Å²) in [6.07, 6.45) is 2.59. The first-order valence-electron chi connectivity index (χ1n) is 10.5. The molecule has 2 fully saturated rings. The quantitative estimate of drug-likeness (QED) is 0.860. The van der Waals surface area contributed by atoms with Crippen LogP contribution in [0.4, 0.5) is 27.5 Å². The van der Waals surface area contributed by atoms with E-state index in [1.54, 1.807) is 0 Å². The van der Waals surface area contributed by atoms with Gasteiger partial charge in [0.2, 0.25) is 0 Å². The van der Waals surface area contributed by atoms with E-state index in [1.165, 1.54) is 37.3 Å². The van der Waals surface area contributed by atoms with Crippen LogP contribution in [0, 0.1) is 0 Å². The highest BCUT2D eigenvalue weighted by Crippen LogP contribution is 2.25. The molecule has 0 radical (unpaired) electrons. The van der Waals surface area contributed by atoms with Crippen molar-refractivity contribution in [2.75, 3.05) is 73.4 Å². The molecule has 0 saturated carbocycles. The van der Waals surface area contributed by atoms with Gasteiger partial charge >= 0.3 is 6.03 Å². The molecule has 2 amide bonds. The van der Waals surface area contributed by atoms with Gasteiger partial charge in [-0.2, -0.15) is 0 Å². The Morgan fingerprint density at radius 2 is 1.28 bits per heavy atom. The molecule has 2 heterocycles. The molecule has 0 spiro atoms. The summed E-state index contributed by atoms with van der Waals surface area (Å²) in [7, 11) is 4.01. The van der Waals surface area contributed by atoms with E-state index in [0.717, 1.165) is 37.6 Å². The Balaban J connectivity index is 1.29. The number of carbonyl (C=O) groups excluding carboxylic acids is 1. The second-order valence-corrected chi connectivity index (χ2v) is 8.06. The maximum atomic E-state index is 12.6. The highest BCUT2D eigenvalue weighted by Gasteiger charge is 2.21. The van der Waals surface area contributed by atoms with Crippen LogP contribution >= 0.6 is 0 Å². The van der Waals surface area contributed by atoms with E-state index in [-0.39, 0.29) is 6.03 Å². The smallest absolute Gasteiger partial charge is 0.321 e. The minimum Gasteiger partial charge on any atom is -0.378 e. The molecule has 2 aromatic carbocycles. The van der Waals surface area contributed by atoms with Gasteiger partial charge in [0.1, 0.15) is 0 Å². The van der Waals surface area contributed by atoms with Gasteiger partial charge in [-0.15, -0.1) is 0 Å². The minimum atomic E-state index is -0.0216. The highest BCUT2D eigenvalue weighted by atomic mass is 16.2. The maximum Gasteiger partial charge on any atom is 0.321 e. The largest absolute Gasteiger partial charge is 0.378 e. The summed E-state index contributed by atoms with van der Waals surface area (Å²) in [4.78, 5) is 21.4. The molecule has 2 saturated heterocycles. The van der Waals surface area contributed by atoms with E-state index in [4.69, 9.17) is 0 Å². The van der Waals surface area contributed by atoms with Crippen molar-refractivity contribution in [1.82, 2.24) is 4.90 Å². The number of nitrogens with zero attached hydrogens (tertiary/aromatic N) is 4. The van der Waals surface area contributed by atoms with Crippen molar-refractivity contribution in [2.24, 2.45) is 0 Å². The van der Waals surface area contributed by atoms with E-state index in [1.807, 2.05) is 48.2 Å². The summed E-state index contributed by atoms with van der Waals surface area (Å²) >= 11 is 0. The van der Waals surface area contributed by atoms with Gasteiger partial charge in [-0.3, -0.25) is 0 Å². The second kappa shape index (κ2) is 8.64. The first-order chi connectivity index (χ1) is 14.1. The molecule has 4 rings (SSSR count). The Morgan fingerprint density at radius 3 is 1.79 bits per heavy atom. The molecule has 0 aliphatic carbocycles. The van der Waals surface area contributed by atoms with Gasteiger partial charge in [0.05, 0.1) is 0 Å². The number of nitrogens with one attached hydrogen (secondary N) is 1. The lowest BCUT2D eigenvalue weighted by molar-refractivity contribution is 0.208. The Hall–Kier alpha value is -2.89. The fourth-order valence-corrected chi connectivity index (χ4v) is 4.06. The molecular formula is C23H31N5O. The molecule has 0 aromatic heterocycles. The van der Waals surface area contributed by atoms with Crippen molar-refractivity contribution in [1.29, 1.82) is 0 Å². The average Bonchev–Trinajstić information content (AvgIpc) is 3.29. The lowest BCUT2D eigenvalue weighted by Crippen LogP contribution is -2.50. The highest BCUT2D eigenvalue weighted by molar-refractivity contribution is 5.89. The predicted molar refractivity (Wildman–Crippen MR) is 121 cm³/mol. The summed E-state index contributed by atoms with van der Waals surface area (Å²) in [6.45, 7) is 5.52. The van der Waals surface area contributed by atoms with Crippen molar-refractivity contribution in [3.63, 3.8) is 0 Å². The van der Waals surface area contributed by atoms with E-state index < -0.39 is 0 Å². The Labute approximate surface area is 173 Å². The average molecular weight is 394 g/mol. The van der Waals surface area contributed by atoms with Crippen molar-refractivity contribution >= 4 is 28.8 Å². The number of benzene rings is 2. The number of piperazine rings is 1. The van der Waals surface area contributed by atoms with Gasteiger partial charge in [-0.05, 0) is 61.4 Å². The number of hydrogen-bond acceptors (Lipinski definition) is 4. The van der Waals surface area contributed by atoms with Crippen molar-refractivity contribution in [2.45, 2.75) is 12.8 Å². The Kier molecular flexibility index (Phi) is 5.79. The first kappa shape index (κ1) is 19.4. The van der Waals surface area contributed by atoms with Gasteiger partial charge in [-0.25, -0.2) is 4.79 Å². The molecule has 2 aliphatic heterocycles. The molecule has 6 nitrogen and oxygen atoms in total. The Bertz CT molecular complexity index is 804. The zero-order chi connectivity index (χ0) is 20.2. The van der Waals surface area contributed by atoms with Crippen molar-refractivity contribution in [3.8, 4) is 0 Å². The van der Waals surface area contributed by atoms with Gasteiger partial charge in [-0.1, -0.05) is 0 Å². The standard InChI is InChI=1S/C23H31N5O/c1-25(2)20-7-5-19(6-8-20)24-23(29)28-17-15-27(16-18-28)22-11-9-21(10-12-22)26-13-3-4-14-26/h5-12H,3-4,13-18H2,1-2H3,(H,24,29). The predicted octanol–water partition coefficient (Wildman–Crippen LogP) is 3.71. The number of anilines is 4. The van der Waals surface area contributed by atoms with Crippen LogP contribution in [0.5, 0.6) is 0 Å². The molecule has 154 valence electrons. The number of carbonyl (C=O) groups is 1. The molecule has 2 aliphatic rings. The van der Waals surface area contributed by atoms with Crippen LogP contribution in [0.25, 0.3) is 0 Å². The molecular weight excluding hydrogens is 362 g/mol. The van der Waals surface area contributed by atoms with Crippen molar-refractivity contribution < 1.29 is 4.79 Å². The third-order valence-electron chi connectivity index (χ3n) is 5.89. The fourth-order valence-electron chi connectivity index (χ4n) is 4.06. The Morgan fingerprint density at radius 1 is 0.759 bits per heavy atom. The molecule has 29 heavy (non-hydrogen) atoms. The summed E-state index contributed by atoms with van der Waals surface area (Å²) in [5.41, 5.74) is 4.52. The zero-order valence-electron chi connectivity index (χ0n) is 17.5. The van der Waals surface area contributed by atoms with Gasteiger partial charge in [0, 0.05) is 76.1 Å². The van der Waals surface area contributed by atoms with E-state index in [0.29, 0.717) is 0 Å². The first-order valence-corrected chi connectivity index (χ1v) is 10.5. The number of rotatable bonds is 4. The monoisotopic (exact) mass is 393 g/mol. The summed E-state index contributed by atoms with van der Waals surface area (Å²) in [6, 6.07) is 16.8. The zero-order valence-corrected chi connectivity index (χ0v) is 17.5. The SMILES string of the molecule is CN(C)c1ccc(NC(=O)N2CCN(c3ccc(N4CCCC4)cc3)CC2)cc1. The molecule has 0 unspecified atom stereocenters. The van der Waals surface area contributed by atoms with Crippen LogP contribution < -0.4 is 20.0 Å². The van der Waals surface area contributed by atoms with Crippen LogP contribution in [0.3, 0.4) is 0 Å². The van der Waals surface area contributed by atoms with Crippen LogP contribution in [-0.2, 0) is 0 Å². The normalized spacial score (nSPS) is 16.8. The molecule has 1 N–H and O–H groups in total. The summed E-state index contributed by atoms with van der Waals surface area (Å²) < 4.78 is 0. The van der Waals surface area contributed by atoms with Crippen LogP contribution in [0.15, 0.2) is 48.5 Å². The van der Waals surface area contributed by atoms with Gasteiger partial charge in [0.25, 0.3) is 0 Å². The number of amides is 2. The second-order valence-electron chi connectivity index (χ2n) is 8.06. The van der Waals surface area contributed by atoms with Crippen LogP contribution in [0.1, 0.15) is 12.8 Å². The van der Waals surface area contributed by atoms with Crippen LogP contribution in [0.2, 0.25) is 0 Å². The molecule has 0 atom stereocenters. The van der Waals surface area contributed by atoms with Crippen molar-refractivity contribution in [3.05, 3.63) is 48.5 Å². The number of hydrogen-bond donors (Lipinski definition) is 1. The van der Waals surface area contributed by atoms with Crippen LogP contribution in [-0.4, -0.2) is 64.3 Å². The van der Waals surface area contributed by atoms with Gasteiger partial charge < -0.3 is 24.9 Å². The molecule has 6 heteroatoms. The minimum absolute atomic E-state index is 0.0216. The third-order valence-corrected chi connectivity index (χ3v) is 5.89. The van der Waals surface area contributed by atoms with E-state index in [2.05, 4.69) is 39.4 Å². The molecule has 2 aromatic rings. The van der Waals surface area contributed by atoms with E-state index >= 15 is 0 Å². The third kappa shape index (κ3) is 4.58.